The number of anilines is 1. The number of carbonyl (C=O) groups excluding carboxylic acids is 1. The smallest absolute Gasteiger partial charge is 0.411 e. The van der Waals surface area contributed by atoms with E-state index < -0.39 is 17.5 Å². The second kappa shape index (κ2) is 10.8. The second-order valence-electron chi connectivity index (χ2n) is 7.27. The second-order valence-corrected chi connectivity index (χ2v) is 9.04. The highest BCUT2D eigenvalue weighted by Gasteiger charge is 2.27. The third kappa shape index (κ3) is 7.17. The Kier molecular flexibility index (Phi) is 8.75. The van der Waals surface area contributed by atoms with Crippen LogP contribution in [0.3, 0.4) is 0 Å². The molecule has 0 heterocycles. The van der Waals surface area contributed by atoms with Gasteiger partial charge in [-0.2, -0.15) is 0 Å². The average Bonchev–Trinajstić information content (AvgIpc) is 2.62. The van der Waals surface area contributed by atoms with Gasteiger partial charge in [0.25, 0.3) is 0 Å². The van der Waals surface area contributed by atoms with Gasteiger partial charge in [0.1, 0.15) is 11.4 Å². The van der Waals surface area contributed by atoms with Crippen LogP contribution in [-0.2, 0) is 22.5 Å². The Hall–Kier alpha value is -1.24. The first kappa shape index (κ1) is 21.1. The average molecular weight is 381 g/mol. The first-order valence-electron chi connectivity index (χ1n) is 9.71. The Labute approximate surface area is 160 Å². The highest BCUT2D eigenvalue weighted by molar-refractivity contribution is 7.90. The summed E-state index contributed by atoms with van der Waals surface area (Å²) in [4.78, 5) is 12.1. The van der Waals surface area contributed by atoms with Crippen molar-refractivity contribution in [3.63, 3.8) is 0 Å². The summed E-state index contributed by atoms with van der Waals surface area (Å²) in [5.74, 6) is 0. The molecular formula is C20H32N2O3S. The van der Waals surface area contributed by atoms with Gasteiger partial charge in [-0.25, -0.2) is 4.79 Å². The molecule has 1 fully saturated rings. The normalized spacial score (nSPS) is 21.4. The maximum Gasteiger partial charge on any atom is 0.411 e. The van der Waals surface area contributed by atoms with Crippen molar-refractivity contribution in [2.24, 2.45) is 0 Å². The number of benzene rings is 1. The molecule has 2 N–H and O–H groups in total. The molecule has 1 amide bonds. The molecule has 0 radical (unpaired) electrons. The summed E-state index contributed by atoms with van der Waals surface area (Å²) >= 11 is -0.992. The van der Waals surface area contributed by atoms with Gasteiger partial charge in [0.05, 0.1) is 6.04 Å². The van der Waals surface area contributed by atoms with Gasteiger partial charge in [0.2, 0.25) is 0 Å². The van der Waals surface area contributed by atoms with Crippen LogP contribution in [0.15, 0.2) is 24.3 Å². The molecule has 0 aromatic heterocycles. The lowest BCUT2D eigenvalue weighted by atomic mass is 9.94. The van der Waals surface area contributed by atoms with Crippen LogP contribution in [0.2, 0.25) is 0 Å². The third-order valence-corrected chi connectivity index (χ3v) is 6.10. The molecule has 0 saturated heterocycles. The van der Waals surface area contributed by atoms with E-state index in [0.717, 1.165) is 37.8 Å². The van der Waals surface area contributed by atoms with Gasteiger partial charge < -0.3 is 9.29 Å². The number of unbranched alkanes of at least 4 members (excludes halogenated alkanes) is 1. The highest BCUT2D eigenvalue weighted by atomic mass is 32.2. The Bertz CT molecular complexity index is 542. The number of nitrogens with one attached hydrogen (secondary N) is 2. The molecule has 6 heteroatoms. The molecular weight excluding hydrogens is 348 g/mol. The molecule has 1 aliphatic rings. The van der Waals surface area contributed by atoms with Gasteiger partial charge in [-0.3, -0.25) is 5.32 Å². The minimum atomic E-state index is -0.992. The largest absolute Gasteiger partial charge is 0.598 e. The molecule has 1 saturated carbocycles. The molecule has 0 bridgehead atoms. The van der Waals surface area contributed by atoms with E-state index in [1.807, 2.05) is 26.0 Å². The van der Waals surface area contributed by atoms with E-state index in [0.29, 0.717) is 0 Å². The van der Waals surface area contributed by atoms with Crippen molar-refractivity contribution in [3.8, 4) is 0 Å². The Morgan fingerprint density at radius 2 is 1.88 bits per heavy atom. The molecule has 2 rings (SSSR count). The molecule has 5 nitrogen and oxygen atoms in total. The van der Waals surface area contributed by atoms with Gasteiger partial charge in [0, 0.05) is 17.0 Å². The van der Waals surface area contributed by atoms with Crippen LogP contribution in [-0.4, -0.2) is 28.0 Å². The number of ether oxygens (including phenoxy) is 1. The molecule has 0 aliphatic heterocycles. The summed E-state index contributed by atoms with van der Waals surface area (Å²) in [6.07, 6.45) is 6.32. The van der Waals surface area contributed by atoms with Gasteiger partial charge in [-0.05, 0) is 70.1 Å². The zero-order valence-corrected chi connectivity index (χ0v) is 16.9. The topological polar surface area (TPSA) is 73.4 Å². The fourth-order valence-electron chi connectivity index (χ4n) is 3.03. The predicted octanol–water partition coefficient (Wildman–Crippen LogP) is 4.55. The zero-order valence-electron chi connectivity index (χ0n) is 16.1. The van der Waals surface area contributed by atoms with Gasteiger partial charge in [-0.15, -0.1) is 4.72 Å². The van der Waals surface area contributed by atoms with Crippen LogP contribution in [0.4, 0.5) is 10.5 Å². The lowest BCUT2D eigenvalue weighted by Gasteiger charge is -2.29. The summed E-state index contributed by atoms with van der Waals surface area (Å²) in [6.45, 7) is 6.07. The molecule has 26 heavy (non-hydrogen) atoms. The van der Waals surface area contributed by atoms with Crippen molar-refractivity contribution in [1.82, 2.24) is 4.72 Å². The van der Waals surface area contributed by atoms with E-state index in [-0.39, 0.29) is 17.4 Å². The number of hydrogen-bond acceptors (Lipinski definition) is 4. The summed E-state index contributed by atoms with van der Waals surface area (Å²) < 4.78 is 20.6. The van der Waals surface area contributed by atoms with Crippen LogP contribution >= 0.6 is 0 Å². The van der Waals surface area contributed by atoms with Crippen LogP contribution in [0.25, 0.3) is 0 Å². The minimum Gasteiger partial charge on any atom is -0.598 e. The van der Waals surface area contributed by atoms with Crippen LogP contribution < -0.4 is 10.0 Å². The Morgan fingerprint density at radius 3 is 2.46 bits per heavy atom. The maximum atomic E-state index is 12.1. The lowest BCUT2D eigenvalue weighted by Crippen LogP contribution is -2.42. The van der Waals surface area contributed by atoms with Gasteiger partial charge in [-0.1, -0.05) is 25.5 Å². The molecule has 1 unspecified atom stereocenters. The number of hydrogen-bond donors (Lipinski definition) is 2. The van der Waals surface area contributed by atoms with Gasteiger partial charge >= 0.3 is 6.09 Å². The number of aryl methyl sites for hydroxylation is 1. The zero-order chi connectivity index (χ0) is 18.9. The fourth-order valence-corrected chi connectivity index (χ4v) is 3.87. The molecule has 146 valence electrons. The third-order valence-electron chi connectivity index (χ3n) is 4.68. The summed E-state index contributed by atoms with van der Waals surface area (Å²) in [5.41, 5.74) is 2.05. The molecule has 1 aliphatic carbocycles. The van der Waals surface area contributed by atoms with E-state index >= 15 is 0 Å². The van der Waals surface area contributed by atoms with Crippen molar-refractivity contribution >= 4 is 23.1 Å². The Balaban J connectivity index is 1.70. The van der Waals surface area contributed by atoms with E-state index in [4.69, 9.17) is 4.74 Å². The predicted molar refractivity (Wildman–Crippen MR) is 108 cm³/mol. The van der Waals surface area contributed by atoms with Crippen LogP contribution in [0, 0.1) is 0 Å². The monoisotopic (exact) mass is 380 g/mol. The van der Waals surface area contributed by atoms with Crippen molar-refractivity contribution in [2.45, 2.75) is 83.1 Å². The summed E-state index contributed by atoms with van der Waals surface area (Å²) in [6, 6.07) is 8.20. The summed E-state index contributed by atoms with van der Waals surface area (Å²) in [7, 11) is 0. The minimum absolute atomic E-state index is 0.0654. The Morgan fingerprint density at radius 1 is 1.23 bits per heavy atom. The molecule has 1 atom stereocenters. The van der Waals surface area contributed by atoms with Crippen molar-refractivity contribution in [2.75, 3.05) is 5.32 Å². The first-order valence-corrected chi connectivity index (χ1v) is 10.9. The van der Waals surface area contributed by atoms with E-state index in [2.05, 4.69) is 29.1 Å². The van der Waals surface area contributed by atoms with Crippen LogP contribution in [0.5, 0.6) is 0 Å². The SMILES string of the molecule is CCCCc1ccc(NC(=O)O[C@H]2CC[C@H](N[S+]([O-])C(C)C)CC2)cc1. The van der Waals surface area contributed by atoms with E-state index in [9.17, 15) is 9.35 Å². The molecule has 1 aromatic carbocycles. The number of amides is 1. The fraction of sp³-hybridized carbons (Fsp3) is 0.650. The number of rotatable bonds is 8. The van der Waals surface area contributed by atoms with Crippen molar-refractivity contribution in [3.05, 3.63) is 29.8 Å². The quantitative estimate of drug-likeness (QED) is 0.649. The van der Waals surface area contributed by atoms with Crippen LogP contribution in [0.1, 0.15) is 64.9 Å². The van der Waals surface area contributed by atoms with Crippen molar-refractivity contribution in [1.29, 1.82) is 0 Å². The van der Waals surface area contributed by atoms with Gasteiger partial charge in [0.15, 0.2) is 0 Å². The molecule has 0 spiro atoms. The highest BCUT2D eigenvalue weighted by Crippen LogP contribution is 2.23. The van der Waals surface area contributed by atoms with E-state index in [1.165, 1.54) is 18.4 Å². The number of carbonyl (C=O) groups is 1. The first-order chi connectivity index (χ1) is 12.5. The lowest BCUT2D eigenvalue weighted by molar-refractivity contribution is 0.0812. The standard InChI is InChI=1S/C20H32N2O3S/c1-4-5-6-16-7-9-17(10-8-16)21-20(23)25-19-13-11-18(12-14-19)22-26(24)15(2)3/h7-10,15,18-19,22H,4-6,11-14H2,1-3H3,(H,21,23)/t18-,19-,26?. The maximum absolute atomic E-state index is 12.1. The summed E-state index contributed by atoms with van der Waals surface area (Å²) in [5, 5.41) is 2.92. The van der Waals surface area contributed by atoms with Crippen molar-refractivity contribution < 1.29 is 14.1 Å². The van der Waals surface area contributed by atoms with E-state index in [1.54, 1.807) is 0 Å². The molecule has 1 aromatic rings.